The Kier molecular flexibility index (Phi) is 4.18. The van der Waals surface area contributed by atoms with E-state index in [1.807, 2.05) is 33.1 Å². The van der Waals surface area contributed by atoms with Gasteiger partial charge in [0.25, 0.3) is 0 Å². The van der Waals surface area contributed by atoms with Crippen LogP contribution >= 0.6 is 11.8 Å². The van der Waals surface area contributed by atoms with Crippen LogP contribution in [0.25, 0.3) is 0 Å². The molecule has 0 spiro atoms. The van der Waals surface area contributed by atoms with Crippen molar-refractivity contribution in [2.75, 3.05) is 11.6 Å². The molecule has 0 aliphatic rings. The third-order valence-electron chi connectivity index (χ3n) is 1.60. The molecule has 0 saturated heterocycles. The quantitative estimate of drug-likeness (QED) is 0.807. The van der Waals surface area contributed by atoms with Crippen molar-refractivity contribution in [1.82, 2.24) is 4.98 Å². The van der Waals surface area contributed by atoms with Gasteiger partial charge in [0.1, 0.15) is 11.4 Å². The Morgan fingerprint density at radius 3 is 2.75 bits per heavy atom. The second-order valence-corrected chi connectivity index (χ2v) is 5.09. The largest absolute Gasteiger partial charge is 0.444 e. The normalized spacial score (nSPS) is 11.0. The van der Waals surface area contributed by atoms with E-state index in [1.54, 1.807) is 24.0 Å². The van der Waals surface area contributed by atoms with E-state index in [2.05, 4.69) is 10.3 Å². The first kappa shape index (κ1) is 12.8. The van der Waals surface area contributed by atoms with E-state index >= 15 is 0 Å². The predicted octanol–water partition coefficient (Wildman–Crippen LogP) is 3.15. The third kappa shape index (κ3) is 4.53. The minimum absolute atomic E-state index is 0.488. The summed E-state index contributed by atoms with van der Waals surface area (Å²) in [6, 6.07) is 3.68. The molecule has 1 aromatic heterocycles. The van der Waals surface area contributed by atoms with Crippen molar-refractivity contribution in [3.63, 3.8) is 0 Å². The fourth-order valence-corrected chi connectivity index (χ4v) is 1.44. The van der Waals surface area contributed by atoms with Crippen molar-refractivity contribution in [1.29, 1.82) is 0 Å². The Labute approximate surface area is 99.8 Å². The number of amides is 1. The molecule has 0 radical (unpaired) electrons. The smallest absolute Gasteiger partial charge is 0.413 e. The molecule has 0 aliphatic carbocycles. The van der Waals surface area contributed by atoms with E-state index in [0.717, 1.165) is 4.90 Å². The Bertz CT molecular complexity index is 374. The molecule has 0 unspecified atom stereocenters. The number of pyridine rings is 1. The standard InChI is InChI=1S/C11H16N2O2S/c1-11(2,3)15-10(14)13-9-7-8(16-4)5-6-12-9/h5-7H,1-4H3,(H,12,13,14). The topological polar surface area (TPSA) is 51.2 Å². The van der Waals surface area contributed by atoms with Crippen LogP contribution in [0, 0.1) is 0 Å². The second kappa shape index (κ2) is 5.21. The van der Waals surface area contributed by atoms with Crippen LogP contribution in [-0.4, -0.2) is 22.9 Å². The van der Waals surface area contributed by atoms with Gasteiger partial charge < -0.3 is 4.74 Å². The van der Waals surface area contributed by atoms with Gasteiger partial charge in [-0.2, -0.15) is 0 Å². The van der Waals surface area contributed by atoms with Gasteiger partial charge in [-0.15, -0.1) is 11.8 Å². The van der Waals surface area contributed by atoms with Crippen LogP contribution < -0.4 is 5.32 Å². The number of nitrogens with one attached hydrogen (secondary N) is 1. The Balaban J connectivity index is 2.62. The van der Waals surface area contributed by atoms with Crippen LogP contribution in [0.15, 0.2) is 23.2 Å². The summed E-state index contributed by atoms with van der Waals surface area (Å²) in [5.74, 6) is 0.501. The van der Waals surface area contributed by atoms with Crippen molar-refractivity contribution >= 4 is 23.7 Å². The number of nitrogens with zero attached hydrogens (tertiary/aromatic N) is 1. The molecule has 1 rings (SSSR count). The van der Waals surface area contributed by atoms with Crippen LogP contribution in [-0.2, 0) is 4.74 Å². The Morgan fingerprint density at radius 2 is 2.19 bits per heavy atom. The molecule has 1 aromatic rings. The Hall–Kier alpha value is -1.23. The highest BCUT2D eigenvalue weighted by atomic mass is 32.2. The monoisotopic (exact) mass is 240 g/mol. The lowest BCUT2D eigenvalue weighted by Crippen LogP contribution is -2.27. The lowest BCUT2D eigenvalue weighted by Gasteiger charge is -2.19. The molecule has 1 amide bonds. The van der Waals surface area contributed by atoms with Crippen LogP contribution in [0.1, 0.15) is 20.8 Å². The fraction of sp³-hybridized carbons (Fsp3) is 0.455. The van der Waals surface area contributed by atoms with E-state index in [9.17, 15) is 4.79 Å². The summed E-state index contributed by atoms with van der Waals surface area (Å²) in [6.07, 6.45) is 3.13. The number of thioether (sulfide) groups is 1. The van der Waals surface area contributed by atoms with Gasteiger partial charge in [0.15, 0.2) is 0 Å². The van der Waals surface area contributed by atoms with E-state index in [-0.39, 0.29) is 0 Å². The second-order valence-electron chi connectivity index (χ2n) is 4.21. The molecule has 0 aliphatic heterocycles. The van der Waals surface area contributed by atoms with Gasteiger partial charge in [-0.3, -0.25) is 5.32 Å². The summed E-state index contributed by atoms with van der Waals surface area (Å²) in [5, 5.41) is 2.59. The average molecular weight is 240 g/mol. The number of carbonyl (C=O) groups excluding carboxylic acids is 1. The van der Waals surface area contributed by atoms with Crippen LogP contribution in [0.5, 0.6) is 0 Å². The molecule has 5 heteroatoms. The molecule has 88 valence electrons. The summed E-state index contributed by atoms with van der Waals surface area (Å²) < 4.78 is 5.12. The predicted molar refractivity (Wildman–Crippen MR) is 65.9 cm³/mol. The number of aromatic nitrogens is 1. The van der Waals surface area contributed by atoms with Gasteiger partial charge in [-0.1, -0.05) is 0 Å². The number of anilines is 1. The number of ether oxygens (including phenoxy) is 1. The van der Waals surface area contributed by atoms with Crippen LogP contribution in [0.3, 0.4) is 0 Å². The van der Waals surface area contributed by atoms with Crippen molar-refractivity contribution in [2.45, 2.75) is 31.3 Å². The fourth-order valence-electron chi connectivity index (χ4n) is 1.01. The zero-order valence-corrected chi connectivity index (χ0v) is 10.7. The Morgan fingerprint density at radius 1 is 1.50 bits per heavy atom. The summed E-state index contributed by atoms with van der Waals surface area (Å²) in [6.45, 7) is 5.45. The molecule has 0 atom stereocenters. The van der Waals surface area contributed by atoms with Crippen molar-refractivity contribution in [3.05, 3.63) is 18.3 Å². The first-order valence-corrected chi connectivity index (χ1v) is 6.13. The number of hydrogen-bond acceptors (Lipinski definition) is 4. The highest BCUT2D eigenvalue weighted by Crippen LogP contribution is 2.17. The molecular formula is C11H16N2O2S. The minimum Gasteiger partial charge on any atom is -0.444 e. The maximum absolute atomic E-state index is 11.4. The molecule has 16 heavy (non-hydrogen) atoms. The van der Waals surface area contributed by atoms with Gasteiger partial charge in [0.05, 0.1) is 0 Å². The number of hydrogen-bond donors (Lipinski definition) is 1. The van der Waals surface area contributed by atoms with E-state index in [0.29, 0.717) is 5.82 Å². The third-order valence-corrected chi connectivity index (χ3v) is 2.32. The number of rotatable bonds is 2. The lowest BCUT2D eigenvalue weighted by molar-refractivity contribution is 0.0635. The minimum atomic E-state index is -0.499. The van der Waals surface area contributed by atoms with Crippen LogP contribution in [0.2, 0.25) is 0 Å². The van der Waals surface area contributed by atoms with E-state index in [4.69, 9.17) is 4.74 Å². The summed E-state index contributed by atoms with van der Waals surface area (Å²) >= 11 is 1.59. The van der Waals surface area contributed by atoms with Gasteiger partial charge in [-0.05, 0) is 39.2 Å². The summed E-state index contributed by atoms with van der Waals surface area (Å²) in [4.78, 5) is 16.5. The van der Waals surface area contributed by atoms with Gasteiger partial charge in [0, 0.05) is 11.1 Å². The first-order valence-electron chi connectivity index (χ1n) is 4.91. The molecule has 0 saturated carbocycles. The maximum atomic E-state index is 11.4. The highest BCUT2D eigenvalue weighted by molar-refractivity contribution is 7.98. The zero-order valence-electron chi connectivity index (χ0n) is 9.90. The SMILES string of the molecule is CSc1ccnc(NC(=O)OC(C)(C)C)c1. The summed E-state index contributed by atoms with van der Waals surface area (Å²) in [7, 11) is 0. The molecule has 4 nitrogen and oxygen atoms in total. The first-order chi connectivity index (χ1) is 7.40. The average Bonchev–Trinajstić information content (AvgIpc) is 2.15. The lowest BCUT2D eigenvalue weighted by atomic mass is 10.2. The van der Waals surface area contributed by atoms with Crippen molar-refractivity contribution in [2.24, 2.45) is 0 Å². The zero-order chi connectivity index (χ0) is 12.2. The van der Waals surface area contributed by atoms with Crippen LogP contribution in [0.4, 0.5) is 10.6 Å². The molecule has 0 fully saturated rings. The van der Waals surface area contributed by atoms with Gasteiger partial charge >= 0.3 is 6.09 Å². The van der Waals surface area contributed by atoms with Gasteiger partial charge in [0.2, 0.25) is 0 Å². The number of carbonyl (C=O) groups is 1. The molecule has 1 heterocycles. The van der Waals surface area contributed by atoms with Crippen molar-refractivity contribution < 1.29 is 9.53 Å². The highest BCUT2D eigenvalue weighted by Gasteiger charge is 2.16. The van der Waals surface area contributed by atoms with Gasteiger partial charge in [-0.25, -0.2) is 9.78 Å². The molecule has 0 aromatic carbocycles. The summed E-state index contributed by atoms with van der Waals surface area (Å²) in [5.41, 5.74) is -0.499. The molecule has 0 bridgehead atoms. The van der Waals surface area contributed by atoms with E-state index in [1.165, 1.54) is 0 Å². The van der Waals surface area contributed by atoms with E-state index < -0.39 is 11.7 Å². The maximum Gasteiger partial charge on any atom is 0.413 e. The molecule has 1 N–H and O–H groups in total. The van der Waals surface area contributed by atoms with Crippen molar-refractivity contribution in [3.8, 4) is 0 Å². The molecular weight excluding hydrogens is 224 g/mol.